The van der Waals surface area contributed by atoms with Crippen molar-refractivity contribution in [2.45, 2.75) is 19.9 Å². The van der Waals surface area contributed by atoms with Crippen LogP contribution in [-0.4, -0.2) is 4.98 Å². The molecule has 0 aliphatic heterocycles. The van der Waals surface area contributed by atoms with Gasteiger partial charge in [-0.2, -0.15) is 0 Å². The zero-order valence-corrected chi connectivity index (χ0v) is 9.55. The second kappa shape index (κ2) is 4.55. The van der Waals surface area contributed by atoms with E-state index in [9.17, 15) is 0 Å². The highest BCUT2D eigenvalue weighted by Gasteiger charge is 2.01. The average molecular weight is 218 g/mol. The number of thiazole rings is 1. The van der Waals surface area contributed by atoms with Crippen molar-refractivity contribution < 1.29 is 0 Å². The Morgan fingerprint density at radius 1 is 1.40 bits per heavy atom. The average Bonchev–Trinajstić information content (AvgIpc) is 2.65. The summed E-state index contributed by atoms with van der Waals surface area (Å²) >= 11 is 1.64. The van der Waals surface area contributed by atoms with Gasteiger partial charge in [0.05, 0.1) is 5.69 Å². The molecular formula is C12H14N2S. The van der Waals surface area contributed by atoms with Crippen LogP contribution in [0.4, 0.5) is 0 Å². The molecule has 0 fully saturated rings. The molecule has 0 bridgehead atoms. The first-order valence-corrected chi connectivity index (χ1v) is 5.85. The second-order valence-electron chi connectivity index (χ2n) is 3.60. The molecule has 0 aliphatic carbocycles. The van der Waals surface area contributed by atoms with E-state index < -0.39 is 0 Å². The van der Waals surface area contributed by atoms with E-state index in [4.69, 9.17) is 5.73 Å². The van der Waals surface area contributed by atoms with E-state index in [1.165, 1.54) is 11.1 Å². The lowest BCUT2D eigenvalue weighted by Crippen LogP contribution is -1.96. The topological polar surface area (TPSA) is 38.9 Å². The van der Waals surface area contributed by atoms with Gasteiger partial charge in [0.1, 0.15) is 5.01 Å². The maximum atomic E-state index is 5.53. The first-order chi connectivity index (χ1) is 7.28. The summed E-state index contributed by atoms with van der Waals surface area (Å²) in [6.45, 7) is 2.65. The van der Waals surface area contributed by atoms with Gasteiger partial charge < -0.3 is 5.73 Å². The molecule has 2 rings (SSSR count). The Balaban J connectivity index is 2.14. The van der Waals surface area contributed by atoms with Crippen molar-refractivity contribution in [1.29, 1.82) is 0 Å². The number of hydrogen-bond acceptors (Lipinski definition) is 3. The Bertz CT molecular complexity index is 448. The summed E-state index contributed by atoms with van der Waals surface area (Å²) in [6, 6.07) is 8.52. The molecule has 0 unspecified atom stereocenters. The molecule has 78 valence electrons. The molecular weight excluding hydrogens is 204 g/mol. The Hall–Kier alpha value is -1.19. The Labute approximate surface area is 93.8 Å². The number of aryl methyl sites for hydroxylation is 1. The van der Waals surface area contributed by atoms with Gasteiger partial charge in [-0.05, 0) is 12.5 Å². The third-order valence-electron chi connectivity index (χ3n) is 2.24. The van der Waals surface area contributed by atoms with Gasteiger partial charge in [-0.15, -0.1) is 11.3 Å². The molecule has 15 heavy (non-hydrogen) atoms. The lowest BCUT2D eigenvalue weighted by atomic mass is 10.1. The fourth-order valence-electron chi connectivity index (χ4n) is 1.56. The van der Waals surface area contributed by atoms with Gasteiger partial charge in [-0.25, -0.2) is 4.98 Å². The van der Waals surface area contributed by atoms with Crippen LogP contribution >= 0.6 is 11.3 Å². The fourth-order valence-corrected chi connectivity index (χ4v) is 2.23. The molecule has 2 N–H and O–H groups in total. The zero-order valence-electron chi connectivity index (χ0n) is 8.73. The van der Waals surface area contributed by atoms with E-state index in [1.807, 2.05) is 0 Å². The van der Waals surface area contributed by atoms with Crippen LogP contribution < -0.4 is 5.73 Å². The Morgan fingerprint density at radius 2 is 2.27 bits per heavy atom. The van der Waals surface area contributed by atoms with E-state index in [-0.39, 0.29) is 0 Å². The summed E-state index contributed by atoms with van der Waals surface area (Å²) in [6.07, 6.45) is 0.901. The van der Waals surface area contributed by atoms with Crippen molar-refractivity contribution >= 4 is 11.3 Å². The van der Waals surface area contributed by atoms with Gasteiger partial charge in [0.15, 0.2) is 0 Å². The van der Waals surface area contributed by atoms with Crippen LogP contribution in [0.15, 0.2) is 29.6 Å². The van der Waals surface area contributed by atoms with Crippen LogP contribution in [0.1, 0.15) is 21.8 Å². The summed E-state index contributed by atoms with van der Waals surface area (Å²) in [5, 5.41) is 3.10. The van der Waals surface area contributed by atoms with Crippen LogP contribution in [-0.2, 0) is 13.0 Å². The predicted octanol–water partition coefficient (Wildman–Crippen LogP) is 2.50. The van der Waals surface area contributed by atoms with E-state index in [1.54, 1.807) is 11.3 Å². The lowest BCUT2D eigenvalue weighted by Gasteiger charge is -1.99. The highest BCUT2D eigenvalue weighted by atomic mass is 32.1. The molecule has 0 atom stereocenters. The van der Waals surface area contributed by atoms with Gasteiger partial charge >= 0.3 is 0 Å². The number of nitrogens with zero attached hydrogens (tertiary/aromatic N) is 1. The number of nitrogens with two attached hydrogens (primary N) is 1. The molecule has 0 amide bonds. The lowest BCUT2D eigenvalue weighted by molar-refractivity contribution is 0.994. The van der Waals surface area contributed by atoms with Crippen LogP contribution in [0.3, 0.4) is 0 Å². The number of aromatic nitrogens is 1. The van der Waals surface area contributed by atoms with Crippen molar-refractivity contribution in [3.05, 3.63) is 51.5 Å². The first-order valence-electron chi connectivity index (χ1n) is 4.97. The highest BCUT2D eigenvalue weighted by molar-refractivity contribution is 7.09. The molecule has 1 heterocycles. The summed E-state index contributed by atoms with van der Waals surface area (Å²) in [5.74, 6) is 0. The summed E-state index contributed by atoms with van der Waals surface area (Å²) in [5.41, 5.74) is 9.25. The van der Waals surface area contributed by atoms with Crippen LogP contribution in [0.2, 0.25) is 0 Å². The Kier molecular flexibility index (Phi) is 3.14. The zero-order chi connectivity index (χ0) is 10.7. The normalized spacial score (nSPS) is 10.5. The maximum absolute atomic E-state index is 5.53. The quantitative estimate of drug-likeness (QED) is 0.859. The van der Waals surface area contributed by atoms with E-state index in [0.29, 0.717) is 6.54 Å². The summed E-state index contributed by atoms with van der Waals surface area (Å²) < 4.78 is 0. The fraction of sp³-hybridized carbons (Fsp3) is 0.250. The number of rotatable bonds is 3. The number of hydrogen-bond donors (Lipinski definition) is 1. The van der Waals surface area contributed by atoms with Crippen LogP contribution in [0, 0.1) is 6.92 Å². The molecule has 0 spiro atoms. The molecule has 0 saturated heterocycles. The highest BCUT2D eigenvalue weighted by Crippen LogP contribution is 2.14. The van der Waals surface area contributed by atoms with Crippen LogP contribution in [0.5, 0.6) is 0 Å². The second-order valence-corrected chi connectivity index (χ2v) is 4.55. The molecule has 3 heteroatoms. The summed E-state index contributed by atoms with van der Waals surface area (Å²) in [7, 11) is 0. The SMILES string of the molecule is Cc1cccc(Cc2csc(CN)n2)c1. The molecule has 2 nitrogen and oxygen atoms in total. The van der Waals surface area contributed by atoms with Crippen molar-refractivity contribution in [3.63, 3.8) is 0 Å². The standard InChI is InChI=1S/C12H14N2S/c1-9-3-2-4-10(5-9)6-11-8-15-12(7-13)14-11/h2-5,8H,6-7,13H2,1H3. The third kappa shape index (κ3) is 2.64. The molecule has 1 aromatic heterocycles. The van der Waals surface area contributed by atoms with Gasteiger partial charge in [0.25, 0.3) is 0 Å². The van der Waals surface area contributed by atoms with Crippen molar-refractivity contribution in [1.82, 2.24) is 4.98 Å². The maximum Gasteiger partial charge on any atom is 0.106 e. The molecule has 2 aromatic rings. The largest absolute Gasteiger partial charge is 0.325 e. The predicted molar refractivity (Wildman–Crippen MR) is 64.0 cm³/mol. The number of benzene rings is 1. The van der Waals surface area contributed by atoms with E-state index in [0.717, 1.165) is 17.1 Å². The van der Waals surface area contributed by atoms with Gasteiger partial charge in [-0.3, -0.25) is 0 Å². The smallest absolute Gasteiger partial charge is 0.106 e. The van der Waals surface area contributed by atoms with Crippen molar-refractivity contribution in [3.8, 4) is 0 Å². The van der Waals surface area contributed by atoms with Crippen molar-refractivity contribution in [2.75, 3.05) is 0 Å². The molecule has 0 radical (unpaired) electrons. The van der Waals surface area contributed by atoms with Gasteiger partial charge in [0, 0.05) is 18.3 Å². The molecule has 0 saturated carbocycles. The summed E-state index contributed by atoms with van der Waals surface area (Å²) in [4.78, 5) is 4.45. The van der Waals surface area contributed by atoms with E-state index in [2.05, 4.69) is 41.6 Å². The minimum Gasteiger partial charge on any atom is -0.325 e. The van der Waals surface area contributed by atoms with E-state index >= 15 is 0 Å². The molecule has 1 aromatic carbocycles. The Morgan fingerprint density at radius 3 is 2.93 bits per heavy atom. The monoisotopic (exact) mass is 218 g/mol. The van der Waals surface area contributed by atoms with Gasteiger partial charge in [-0.1, -0.05) is 29.8 Å². The molecule has 0 aliphatic rings. The van der Waals surface area contributed by atoms with Crippen LogP contribution in [0.25, 0.3) is 0 Å². The third-order valence-corrected chi connectivity index (χ3v) is 3.16. The minimum atomic E-state index is 0.540. The first kappa shape index (κ1) is 10.3. The minimum absolute atomic E-state index is 0.540. The van der Waals surface area contributed by atoms with Crippen molar-refractivity contribution in [2.24, 2.45) is 5.73 Å². The van der Waals surface area contributed by atoms with Gasteiger partial charge in [0.2, 0.25) is 0 Å².